The standard InChI is InChI=1S/C17H19BrN2O2/c18-14-6-3-5-13(11-14)12-20(17(22)9-4-10-19)15-7-1-2-8-16(15)21/h1-3,5-8,11,21H,4,9-10,12,19H2. The fourth-order valence-corrected chi connectivity index (χ4v) is 2.65. The number of amides is 1. The van der Waals surface area contributed by atoms with Crippen LogP contribution in [-0.2, 0) is 11.3 Å². The number of nitrogens with two attached hydrogens (primary N) is 1. The van der Waals surface area contributed by atoms with Crippen LogP contribution in [-0.4, -0.2) is 17.6 Å². The van der Waals surface area contributed by atoms with Gasteiger partial charge in [-0.2, -0.15) is 0 Å². The van der Waals surface area contributed by atoms with E-state index in [-0.39, 0.29) is 11.7 Å². The van der Waals surface area contributed by atoms with Gasteiger partial charge in [0.25, 0.3) is 0 Å². The number of nitrogens with zero attached hydrogens (tertiary/aromatic N) is 1. The molecule has 4 nitrogen and oxygen atoms in total. The van der Waals surface area contributed by atoms with Gasteiger partial charge in [0.05, 0.1) is 12.2 Å². The molecule has 0 aromatic heterocycles. The van der Waals surface area contributed by atoms with E-state index in [0.717, 1.165) is 10.0 Å². The SMILES string of the molecule is NCCCC(=O)N(Cc1cccc(Br)c1)c1ccccc1O. The summed E-state index contributed by atoms with van der Waals surface area (Å²) in [6.07, 6.45) is 0.986. The van der Waals surface area contributed by atoms with Gasteiger partial charge in [-0.25, -0.2) is 0 Å². The van der Waals surface area contributed by atoms with Crippen molar-refractivity contribution in [3.05, 3.63) is 58.6 Å². The Morgan fingerprint density at radius 2 is 1.95 bits per heavy atom. The Morgan fingerprint density at radius 1 is 1.18 bits per heavy atom. The van der Waals surface area contributed by atoms with Crippen LogP contribution in [0.1, 0.15) is 18.4 Å². The third-order valence-corrected chi connectivity index (χ3v) is 3.79. The summed E-state index contributed by atoms with van der Waals surface area (Å²) >= 11 is 3.43. The molecule has 22 heavy (non-hydrogen) atoms. The molecule has 0 radical (unpaired) electrons. The number of phenols is 1. The summed E-state index contributed by atoms with van der Waals surface area (Å²) in [5, 5.41) is 10.1. The molecule has 3 N–H and O–H groups in total. The minimum atomic E-state index is -0.0491. The van der Waals surface area contributed by atoms with E-state index in [0.29, 0.717) is 31.6 Å². The van der Waals surface area contributed by atoms with Gasteiger partial charge in [0.2, 0.25) is 5.91 Å². The van der Waals surface area contributed by atoms with E-state index in [9.17, 15) is 9.90 Å². The zero-order valence-electron chi connectivity index (χ0n) is 12.2. The summed E-state index contributed by atoms with van der Waals surface area (Å²) in [5.74, 6) is 0.0468. The van der Waals surface area contributed by atoms with Crippen LogP contribution in [0, 0.1) is 0 Å². The van der Waals surface area contributed by atoms with Crippen LogP contribution in [0.15, 0.2) is 53.0 Å². The van der Waals surface area contributed by atoms with E-state index in [1.165, 1.54) is 0 Å². The van der Waals surface area contributed by atoms with Crippen molar-refractivity contribution in [3.8, 4) is 5.75 Å². The van der Waals surface area contributed by atoms with Gasteiger partial charge in [0.1, 0.15) is 5.75 Å². The molecular weight excluding hydrogens is 344 g/mol. The number of hydrogen-bond acceptors (Lipinski definition) is 3. The van der Waals surface area contributed by atoms with Gasteiger partial charge in [-0.05, 0) is 42.8 Å². The summed E-state index contributed by atoms with van der Waals surface area (Å²) in [7, 11) is 0. The van der Waals surface area contributed by atoms with Crippen molar-refractivity contribution in [1.29, 1.82) is 0 Å². The third-order valence-electron chi connectivity index (χ3n) is 3.30. The molecule has 0 spiro atoms. The second kappa shape index (κ2) is 7.96. The summed E-state index contributed by atoms with van der Waals surface area (Å²) in [6.45, 7) is 0.873. The molecule has 0 aliphatic rings. The number of carbonyl (C=O) groups excluding carboxylic acids is 1. The number of halogens is 1. The third kappa shape index (κ3) is 4.32. The van der Waals surface area contributed by atoms with Crippen LogP contribution in [0.2, 0.25) is 0 Å². The first-order chi connectivity index (χ1) is 10.6. The Kier molecular flexibility index (Phi) is 5.98. The Balaban J connectivity index is 2.29. The average molecular weight is 363 g/mol. The molecular formula is C17H19BrN2O2. The number of carbonyl (C=O) groups is 1. The number of benzene rings is 2. The van der Waals surface area contributed by atoms with E-state index in [1.807, 2.05) is 24.3 Å². The molecule has 2 rings (SSSR count). The molecule has 0 aliphatic heterocycles. The second-order valence-corrected chi connectivity index (χ2v) is 5.91. The maximum atomic E-state index is 12.5. The molecule has 116 valence electrons. The van der Waals surface area contributed by atoms with E-state index in [1.54, 1.807) is 29.2 Å². The van der Waals surface area contributed by atoms with Gasteiger partial charge in [-0.15, -0.1) is 0 Å². The molecule has 0 fully saturated rings. The normalized spacial score (nSPS) is 10.5. The zero-order valence-corrected chi connectivity index (χ0v) is 13.8. The number of rotatable bonds is 6. The highest BCUT2D eigenvalue weighted by molar-refractivity contribution is 9.10. The Hall–Kier alpha value is -1.85. The monoisotopic (exact) mass is 362 g/mol. The van der Waals surface area contributed by atoms with E-state index in [2.05, 4.69) is 15.9 Å². The summed E-state index contributed by atoms with van der Waals surface area (Å²) in [6, 6.07) is 14.6. The highest BCUT2D eigenvalue weighted by Crippen LogP contribution is 2.29. The molecule has 5 heteroatoms. The zero-order chi connectivity index (χ0) is 15.9. The van der Waals surface area contributed by atoms with Crippen LogP contribution in [0.4, 0.5) is 5.69 Å². The molecule has 0 unspecified atom stereocenters. The number of para-hydroxylation sites is 2. The minimum absolute atomic E-state index is 0.0491. The fraction of sp³-hybridized carbons (Fsp3) is 0.235. The maximum Gasteiger partial charge on any atom is 0.227 e. The van der Waals surface area contributed by atoms with E-state index in [4.69, 9.17) is 5.73 Å². The van der Waals surface area contributed by atoms with Gasteiger partial charge in [-0.1, -0.05) is 40.2 Å². The highest BCUT2D eigenvalue weighted by atomic mass is 79.9. The molecule has 2 aromatic carbocycles. The van der Waals surface area contributed by atoms with Gasteiger partial charge in [0, 0.05) is 10.9 Å². The number of anilines is 1. The summed E-state index contributed by atoms with van der Waals surface area (Å²) in [4.78, 5) is 14.1. The van der Waals surface area contributed by atoms with E-state index >= 15 is 0 Å². The van der Waals surface area contributed by atoms with Gasteiger partial charge >= 0.3 is 0 Å². The lowest BCUT2D eigenvalue weighted by Gasteiger charge is -2.24. The van der Waals surface area contributed by atoms with E-state index < -0.39 is 0 Å². The summed E-state index contributed by atoms with van der Waals surface area (Å²) < 4.78 is 0.955. The predicted octanol–water partition coefficient (Wildman–Crippen LogP) is 3.43. The van der Waals surface area contributed by atoms with Crippen LogP contribution in [0.25, 0.3) is 0 Å². The van der Waals surface area contributed by atoms with Crippen molar-refractivity contribution in [1.82, 2.24) is 0 Å². The number of phenolic OH excluding ortho intramolecular Hbond substituents is 1. The molecule has 0 atom stereocenters. The molecule has 0 aliphatic carbocycles. The van der Waals surface area contributed by atoms with Crippen molar-refractivity contribution >= 4 is 27.5 Å². The lowest BCUT2D eigenvalue weighted by molar-refractivity contribution is -0.118. The van der Waals surface area contributed by atoms with Crippen LogP contribution < -0.4 is 10.6 Å². The van der Waals surface area contributed by atoms with Crippen molar-refractivity contribution in [2.75, 3.05) is 11.4 Å². The highest BCUT2D eigenvalue weighted by Gasteiger charge is 2.18. The maximum absolute atomic E-state index is 12.5. The first kappa shape index (κ1) is 16.5. The van der Waals surface area contributed by atoms with Crippen LogP contribution in [0.5, 0.6) is 5.75 Å². The average Bonchev–Trinajstić information content (AvgIpc) is 2.51. The van der Waals surface area contributed by atoms with Gasteiger partial charge in [-0.3, -0.25) is 4.79 Å². The van der Waals surface area contributed by atoms with Crippen LogP contribution >= 0.6 is 15.9 Å². The lowest BCUT2D eigenvalue weighted by atomic mass is 10.1. The van der Waals surface area contributed by atoms with Gasteiger partial charge < -0.3 is 15.7 Å². The van der Waals surface area contributed by atoms with Crippen molar-refractivity contribution < 1.29 is 9.90 Å². The number of aromatic hydroxyl groups is 1. The predicted molar refractivity (Wildman–Crippen MR) is 91.7 cm³/mol. The minimum Gasteiger partial charge on any atom is -0.506 e. The van der Waals surface area contributed by atoms with Gasteiger partial charge in [0.15, 0.2) is 0 Å². The summed E-state index contributed by atoms with van der Waals surface area (Å²) in [5.41, 5.74) is 6.99. The molecule has 1 amide bonds. The molecule has 0 heterocycles. The van der Waals surface area contributed by atoms with Crippen molar-refractivity contribution in [2.24, 2.45) is 5.73 Å². The molecule has 2 aromatic rings. The quantitative estimate of drug-likeness (QED) is 0.827. The Bertz CT molecular complexity index is 646. The van der Waals surface area contributed by atoms with Crippen molar-refractivity contribution in [3.63, 3.8) is 0 Å². The molecule has 0 saturated carbocycles. The topological polar surface area (TPSA) is 66.6 Å². The Morgan fingerprint density at radius 3 is 2.64 bits per heavy atom. The largest absolute Gasteiger partial charge is 0.506 e. The molecule has 0 bridgehead atoms. The molecule has 0 saturated heterocycles. The number of hydrogen-bond donors (Lipinski definition) is 2. The smallest absolute Gasteiger partial charge is 0.227 e. The van der Waals surface area contributed by atoms with Crippen molar-refractivity contribution in [2.45, 2.75) is 19.4 Å². The first-order valence-corrected chi connectivity index (χ1v) is 7.94. The lowest BCUT2D eigenvalue weighted by Crippen LogP contribution is -2.30. The fourth-order valence-electron chi connectivity index (χ4n) is 2.21. The van der Waals surface area contributed by atoms with Crippen LogP contribution in [0.3, 0.4) is 0 Å². The second-order valence-electron chi connectivity index (χ2n) is 4.99. The first-order valence-electron chi connectivity index (χ1n) is 7.14. The Labute approximate surface area is 138 Å².